The van der Waals surface area contributed by atoms with Gasteiger partial charge in [0.1, 0.15) is 11.6 Å². The van der Waals surface area contributed by atoms with Crippen molar-refractivity contribution in [1.29, 1.82) is 0 Å². The number of halogens is 4. The molecule has 0 fully saturated rings. The lowest BCUT2D eigenvalue weighted by molar-refractivity contribution is -0.137. The molecule has 0 spiro atoms. The van der Waals surface area contributed by atoms with E-state index in [4.69, 9.17) is 5.73 Å². The monoisotopic (exact) mass is 271 g/mol. The summed E-state index contributed by atoms with van der Waals surface area (Å²) < 4.78 is 51.0. The molecule has 0 unspecified atom stereocenters. The Hall–Kier alpha value is -2.18. The van der Waals surface area contributed by atoms with Crippen molar-refractivity contribution in [3.63, 3.8) is 0 Å². The van der Waals surface area contributed by atoms with Gasteiger partial charge in [0.25, 0.3) is 0 Å². The number of hydrogen-bond donors (Lipinski definition) is 1. The molecule has 2 N–H and O–H groups in total. The standard InChI is InChI=1S/C12H9F4N3/c1-6-2-10(17)19-11(18-6)7-3-8(12(14,15)16)5-9(13)4-7/h2-5H,1H3,(H2,17,18,19). The minimum Gasteiger partial charge on any atom is -0.384 e. The number of aryl methyl sites for hydroxylation is 1. The zero-order valence-corrected chi connectivity index (χ0v) is 9.79. The minimum absolute atomic E-state index is 0.0394. The van der Waals surface area contributed by atoms with Crippen molar-refractivity contribution in [2.45, 2.75) is 13.1 Å². The van der Waals surface area contributed by atoms with Crippen LogP contribution in [0.3, 0.4) is 0 Å². The largest absolute Gasteiger partial charge is 0.416 e. The second-order valence-corrected chi connectivity index (χ2v) is 3.98. The molecule has 0 amide bonds. The van der Waals surface area contributed by atoms with Gasteiger partial charge in [0.05, 0.1) is 5.56 Å². The van der Waals surface area contributed by atoms with E-state index in [2.05, 4.69) is 9.97 Å². The molecule has 0 saturated heterocycles. The van der Waals surface area contributed by atoms with E-state index in [1.807, 2.05) is 0 Å². The van der Waals surface area contributed by atoms with Crippen molar-refractivity contribution >= 4 is 5.82 Å². The second-order valence-electron chi connectivity index (χ2n) is 3.98. The number of hydrogen-bond acceptors (Lipinski definition) is 3. The van der Waals surface area contributed by atoms with Crippen molar-refractivity contribution in [1.82, 2.24) is 9.97 Å². The highest BCUT2D eigenvalue weighted by molar-refractivity contribution is 5.58. The van der Waals surface area contributed by atoms with Crippen LogP contribution in [0, 0.1) is 12.7 Å². The Bertz CT molecular complexity index is 603. The molecule has 0 aliphatic rings. The van der Waals surface area contributed by atoms with E-state index in [0.717, 1.165) is 12.1 Å². The van der Waals surface area contributed by atoms with E-state index in [9.17, 15) is 17.6 Å². The Morgan fingerprint density at radius 2 is 1.74 bits per heavy atom. The average molecular weight is 271 g/mol. The first-order valence-electron chi connectivity index (χ1n) is 5.25. The summed E-state index contributed by atoms with van der Waals surface area (Å²) in [7, 11) is 0. The smallest absolute Gasteiger partial charge is 0.384 e. The molecule has 3 nitrogen and oxygen atoms in total. The van der Waals surface area contributed by atoms with Crippen molar-refractivity contribution in [2.75, 3.05) is 5.73 Å². The zero-order chi connectivity index (χ0) is 14.2. The van der Waals surface area contributed by atoms with Crippen LogP contribution in [0.2, 0.25) is 0 Å². The maximum atomic E-state index is 13.3. The zero-order valence-electron chi connectivity index (χ0n) is 9.79. The van der Waals surface area contributed by atoms with Crippen molar-refractivity contribution in [3.05, 3.63) is 41.3 Å². The number of anilines is 1. The third kappa shape index (κ3) is 2.98. The van der Waals surface area contributed by atoms with Crippen LogP contribution in [-0.4, -0.2) is 9.97 Å². The van der Waals surface area contributed by atoms with Gasteiger partial charge in [0.15, 0.2) is 5.82 Å². The van der Waals surface area contributed by atoms with E-state index >= 15 is 0 Å². The molecule has 0 bridgehead atoms. The normalized spacial score (nSPS) is 11.6. The highest BCUT2D eigenvalue weighted by atomic mass is 19.4. The molecule has 0 atom stereocenters. The molecule has 7 heteroatoms. The van der Waals surface area contributed by atoms with Crippen molar-refractivity contribution < 1.29 is 17.6 Å². The van der Waals surface area contributed by atoms with E-state index in [0.29, 0.717) is 11.8 Å². The van der Waals surface area contributed by atoms with Gasteiger partial charge in [-0.25, -0.2) is 14.4 Å². The number of rotatable bonds is 1. The van der Waals surface area contributed by atoms with Crippen LogP contribution in [0.15, 0.2) is 24.3 Å². The lowest BCUT2D eigenvalue weighted by Gasteiger charge is -2.09. The molecular formula is C12H9F4N3. The molecule has 1 heterocycles. The Morgan fingerprint density at radius 1 is 1.05 bits per heavy atom. The molecule has 0 aliphatic heterocycles. The first-order chi connectivity index (χ1) is 8.75. The first-order valence-corrected chi connectivity index (χ1v) is 5.25. The van der Waals surface area contributed by atoms with E-state index in [-0.39, 0.29) is 17.2 Å². The topological polar surface area (TPSA) is 51.8 Å². The highest BCUT2D eigenvalue weighted by Crippen LogP contribution is 2.32. The van der Waals surface area contributed by atoms with Gasteiger partial charge in [0.2, 0.25) is 0 Å². The number of alkyl halides is 3. The fourth-order valence-corrected chi connectivity index (χ4v) is 1.60. The Balaban J connectivity index is 2.59. The first kappa shape index (κ1) is 13.3. The number of nitrogens with zero attached hydrogens (tertiary/aromatic N) is 2. The Morgan fingerprint density at radius 3 is 2.32 bits per heavy atom. The lowest BCUT2D eigenvalue weighted by atomic mass is 10.1. The van der Waals surface area contributed by atoms with Gasteiger partial charge in [-0.15, -0.1) is 0 Å². The summed E-state index contributed by atoms with van der Waals surface area (Å²) in [4.78, 5) is 7.74. The molecule has 0 radical (unpaired) electrons. The minimum atomic E-state index is -4.63. The van der Waals surface area contributed by atoms with Gasteiger partial charge in [0, 0.05) is 17.3 Å². The molecule has 0 aliphatic carbocycles. The molecule has 1 aromatic carbocycles. The van der Waals surface area contributed by atoms with Gasteiger partial charge in [-0.3, -0.25) is 0 Å². The summed E-state index contributed by atoms with van der Waals surface area (Å²) in [5.41, 5.74) is 4.82. The molecule has 0 saturated carbocycles. The van der Waals surface area contributed by atoms with Gasteiger partial charge in [-0.05, 0) is 25.1 Å². The van der Waals surface area contributed by atoms with E-state index < -0.39 is 17.6 Å². The van der Waals surface area contributed by atoms with Crippen LogP contribution < -0.4 is 5.73 Å². The maximum Gasteiger partial charge on any atom is 0.416 e. The highest BCUT2D eigenvalue weighted by Gasteiger charge is 2.31. The van der Waals surface area contributed by atoms with Gasteiger partial charge < -0.3 is 5.73 Å². The summed E-state index contributed by atoms with van der Waals surface area (Å²) in [6, 6.07) is 3.61. The van der Waals surface area contributed by atoms with Gasteiger partial charge in [-0.1, -0.05) is 0 Å². The number of nitrogens with two attached hydrogens (primary N) is 1. The fraction of sp³-hybridized carbons (Fsp3) is 0.167. The molecule has 2 aromatic rings. The molecule has 19 heavy (non-hydrogen) atoms. The SMILES string of the molecule is Cc1cc(N)nc(-c2cc(F)cc(C(F)(F)F)c2)n1. The molecular weight excluding hydrogens is 262 g/mol. The summed E-state index contributed by atoms with van der Waals surface area (Å²) in [6.07, 6.45) is -4.63. The van der Waals surface area contributed by atoms with Crippen LogP contribution in [0.4, 0.5) is 23.4 Å². The Kier molecular flexibility index (Phi) is 3.13. The predicted molar refractivity (Wildman–Crippen MR) is 61.6 cm³/mol. The van der Waals surface area contributed by atoms with Crippen LogP contribution in [-0.2, 0) is 6.18 Å². The summed E-state index contributed by atoms with van der Waals surface area (Å²) in [5.74, 6) is -0.934. The average Bonchev–Trinajstić information content (AvgIpc) is 2.25. The molecule has 100 valence electrons. The summed E-state index contributed by atoms with van der Waals surface area (Å²) in [5, 5.41) is 0. The van der Waals surface area contributed by atoms with E-state index in [1.54, 1.807) is 6.92 Å². The van der Waals surface area contributed by atoms with Crippen LogP contribution >= 0.6 is 0 Å². The summed E-state index contributed by atoms with van der Waals surface area (Å²) in [6.45, 7) is 1.62. The number of nitrogen functional groups attached to an aromatic ring is 1. The van der Waals surface area contributed by atoms with Gasteiger partial charge in [-0.2, -0.15) is 13.2 Å². The predicted octanol–water partition coefficient (Wildman–Crippen LogP) is 3.19. The number of aromatic nitrogens is 2. The fourth-order valence-electron chi connectivity index (χ4n) is 1.60. The number of benzene rings is 1. The molecule has 1 aromatic heterocycles. The molecule has 2 rings (SSSR count). The maximum absolute atomic E-state index is 13.3. The summed E-state index contributed by atoms with van der Waals surface area (Å²) >= 11 is 0. The van der Waals surface area contributed by atoms with E-state index in [1.165, 1.54) is 6.07 Å². The van der Waals surface area contributed by atoms with Crippen molar-refractivity contribution in [2.24, 2.45) is 0 Å². The Labute approximate surface area is 106 Å². The van der Waals surface area contributed by atoms with Crippen LogP contribution in [0.25, 0.3) is 11.4 Å². The quantitative estimate of drug-likeness (QED) is 0.810. The third-order valence-electron chi connectivity index (χ3n) is 2.36. The third-order valence-corrected chi connectivity index (χ3v) is 2.36. The van der Waals surface area contributed by atoms with Gasteiger partial charge >= 0.3 is 6.18 Å². The van der Waals surface area contributed by atoms with Crippen LogP contribution in [0.5, 0.6) is 0 Å². The second kappa shape index (κ2) is 4.49. The van der Waals surface area contributed by atoms with Crippen LogP contribution in [0.1, 0.15) is 11.3 Å². The van der Waals surface area contributed by atoms with Crippen molar-refractivity contribution in [3.8, 4) is 11.4 Å². The lowest BCUT2D eigenvalue weighted by Crippen LogP contribution is -2.06.